The van der Waals surface area contributed by atoms with Gasteiger partial charge >= 0.3 is 0 Å². The standard InChI is InChI=1S/C27H27N7O/c1-20-9-10-25-23(14-20)15-24(27(35)29-25)18-33(17-22-8-5-12-28-16-22)19-26-30-31-32-34(26)13-11-21-6-3-2-4-7-21/h2-10,12,14-16H,11,13,17-19H2,1H3,(H,29,35). The molecule has 0 fully saturated rings. The predicted octanol–water partition coefficient (Wildman–Crippen LogP) is 3.66. The maximum Gasteiger partial charge on any atom is 0.252 e. The van der Waals surface area contributed by atoms with Crippen molar-refractivity contribution in [2.24, 2.45) is 0 Å². The third-order valence-corrected chi connectivity index (χ3v) is 6.03. The minimum absolute atomic E-state index is 0.0822. The first-order valence-electron chi connectivity index (χ1n) is 11.7. The molecule has 8 nitrogen and oxygen atoms in total. The average molecular weight is 466 g/mol. The van der Waals surface area contributed by atoms with Crippen LogP contribution in [0.1, 0.15) is 28.1 Å². The van der Waals surface area contributed by atoms with Crippen LogP contribution in [0.5, 0.6) is 0 Å². The number of aromatic amines is 1. The predicted molar refractivity (Wildman–Crippen MR) is 134 cm³/mol. The largest absolute Gasteiger partial charge is 0.322 e. The number of nitrogens with zero attached hydrogens (tertiary/aromatic N) is 6. The Balaban J connectivity index is 1.40. The topological polar surface area (TPSA) is 92.6 Å². The molecule has 3 heterocycles. The number of aromatic nitrogens is 6. The van der Waals surface area contributed by atoms with Crippen LogP contribution in [0.25, 0.3) is 10.9 Å². The van der Waals surface area contributed by atoms with Crippen LogP contribution >= 0.6 is 0 Å². The molecule has 0 saturated carbocycles. The first kappa shape index (κ1) is 22.6. The Morgan fingerprint density at radius 1 is 0.943 bits per heavy atom. The second kappa shape index (κ2) is 10.4. The molecule has 5 rings (SSSR count). The Kier molecular flexibility index (Phi) is 6.72. The van der Waals surface area contributed by atoms with Crippen molar-refractivity contribution in [3.05, 3.63) is 118 Å². The molecule has 3 aromatic heterocycles. The summed E-state index contributed by atoms with van der Waals surface area (Å²) in [6.07, 6.45) is 4.44. The van der Waals surface area contributed by atoms with E-state index >= 15 is 0 Å². The van der Waals surface area contributed by atoms with Gasteiger partial charge in [0.1, 0.15) is 0 Å². The highest BCUT2D eigenvalue weighted by atomic mass is 16.1. The molecule has 35 heavy (non-hydrogen) atoms. The van der Waals surface area contributed by atoms with E-state index in [4.69, 9.17) is 0 Å². The molecule has 0 bridgehead atoms. The van der Waals surface area contributed by atoms with Gasteiger partial charge in [0.15, 0.2) is 5.82 Å². The zero-order valence-corrected chi connectivity index (χ0v) is 19.6. The normalized spacial score (nSPS) is 11.4. The van der Waals surface area contributed by atoms with Gasteiger partial charge in [0.2, 0.25) is 0 Å². The first-order valence-corrected chi connectivity index (χ1v) is 11.7. The Morgan fingerprint density at radius 2 is 1.80 bits per heavy atom. The molecule has 176 valence electrons. The summed E-state index contributed by atoms with van der Waals surface area (Å²) in [4.78, 5) is 22.3. The molecule has 2 aromatic carbocycles. The van der Waals surface area contributed by atoms with Crippen molar-refractivity contribution >= 4 is 10.9 Å². The summed E-state index contributed by atoms with van der Waals surface area (Å²) in [5, 5.41) is 13.5. The van der Waals surface area contributed by atoms with E-state index in [2.05, 4.69) is 48.6 Å². The molecule has 0 aliphatic rings. The number of benzene rings is 2. The monoisotopic (exact) mass is 465 g/mol. The molecule has 5 aromatic rings. The zero-order chi connectivity index (χ0) is 24.0. The summed E-state index contributed by atoms with van der Waals surface area (Å²) in [6.45, 7) is 4.31. The number of nitrogens with one attached hydrogen (secondary N) is 1. The number of hydrogen-bond donors (Lipinski definition) is 1. The van der Waals surface area contributed by atoms with Crippen molar-refractivity contribution in [2.75, 3.05) is 0 Å². The molecule has 0 saturated heterocycles. The van der Waals surface area contributed by atoms with Crippen molar-refractivity contribution in [1.29, 1.82) is 0 Å². The maximum absolute atomic E-state index is 12.9. The zero-order valence-electron chi connectivity index (χ0n) is 19.6. The highest BCUT2D eigenvalue weighted by Gasteiger charge is 2.16. The number of tetrazole rings is 1. The van der Waals surface area contributed by atoms with Gasteiger partial charge in [-0.05, 0) is 64.5 Å². The lowest BCUT2D eigenvalue weighted by molar-refractivity contribution is 0.235. The summed E-state index contributed by atoms with van der Waals surface area (Å²) in [6, 6.07) is 22.3. The third kappa shape index (κ3) is 5.67. The van der Waals surface area contributed by atoms with Crippen LogP contribution in [0.15, 0.2) is 83.9 Å². The molecule has 0 unspecified atom stereocenters. The quantitative estimate of drug-likeness (QED) is 0.357. The molecular formula is C27H27N7O. The Morgan fingerprint density at radius 3 is 2.63 bits per heavy atom. The van der Waals surface area contributed by atoms with Gasteiger partial charge in [0, 0.05) is 43.1 Å². The molecule has 0 aliphatic carbocycles. The van der Waals surface area contributed by atoms with Gasteiger partial charge < -0.3 is 4.98 Å². The minimum atomic E-state index is -0.0822. The lowest BCUT2D eigenvalue weighted by atomic mass is 10.1. The van der Waals surface area contributed by atoms with Crippen molar-refractivity contribution in [1.82, 2.24) is 35.1 Å². The van der Waals surface area contributed by atoms with E-state index < -0.39 is 0 Å². The smallest absolute Gasteiger partial charge is 0.252 e. The van der Waals surface area contributed by atoms with Crippen LogP contribution in [-0.4, -0.2) is 35.1 Å². The van der Waals surface area contributed by atoms with Gasteiger partial charge in [-0.1, -0.05) is 48.0 Å². The Bertz CT molecular complexity index is 1460. The summed E-state index contributed by atoms with van der Waals surface area (Å²) >= 11 is 0. The third-order valence-electron chi connectivity index (χ3n) is 6.03. The second-order valence-corrected chi connectivity index (χ2v) is 8.77. The van der Waals surface area contributed by atoms with Crippen molar-refractivity contribution in [3.8, 4) is 0 Å². The van der Waals surface area contributed by atoms with Gasteiger partial charge in [-0.2, -0.15) is 0 Å². The number of H-pyrrole nitrogens is 1. The van der Waals surface area contributed by atoms with E-state index in [1.807, 2.05) is 66.3 Å². The number of fused-ring (bicyclic) bond motifs is 1. The van der Waals surface area contributed by atoms with Crippen LogP contribution in [0.4, 0.5) is 0 Å². The van der Waals surface area contributed by atoms with Crippen LogP contribution in [0, 0.1) is 6.92 Å². The van der Waals surface area contributed by atoms with Crippen LogP contribution < -0.4 is 5.56 Å². The van der Waals surface area contributed by atoms with E-state index in [0.717, 1.165) is 34.3 Å². The van der Waals surface area contributed by atoms with Crippen molar-refractivity contribution < 1.29 is 0 Å². The lowest BCUT2D eigenvalue weighted by Crippen LogP contribution is -2.28. The molecule has 0 aliphatic heterocycles. The fourth-order valence-corrected chi connectivity index (χ4v) is 4.24. The molecule has 0 atom stereocenters. The highest BCUT2D eigenvalue weighted by Crippen LogP contribution is 2.16. The summed E-state index contributed by atoms with van der Waals surface area (Å²) in [5.41, 5.74) is 4.91. The van der Waals surface area contributed by atoms with E-state index in [1.165, 1.54) is 5.56 Å². The Hall–Kier alpha value is -4.17. The lowest BCUT2D eigenvalue weighted by Gasteiger charge is -2.22. The number of hydrogen-bond acceptors (Lipinski definition) is 6. The second-order valence-electron chi connectivity index (χ2n) is 8.77. The van der Waals surface area contributed by atoms with Crippen LogP contribution in [0.2, 0.25) is 0 Å². The van der Waals surface area contributed by atoms with Crippen molar-refractivity contribution in [2.45, 2.75) is 39.5 Å². The summed E-state index contributed by atoms with van der Waals surface area (Å²) < 4.78 is 1.84. The highest BCUT2D eigenvalue weighted by molar-refractivity contribution is 5.79. The van der Waals surface area contributed by atoms with E-state index in [0.29, 0.717) is 31.7 Å². The summed E-state index contributed by atoms with van der Waals surface area (Å²) in [7, 11) is 0. The molecule has 0 amide bonds. The van der Waals surface area contributed by atoms with Crippen LogP contribution in [0.3, 0.4) is 0 Å². The number of aryl methyl sites for hydroxylation is 3. The summed E-state index contributed by atoms with van der Waals surface area (Å²) in [5.74, 6) is 0.762. The van der Waals surface area contributed by atoms with E-state index in [1.54, 1.807) is 6.20 Å². The van der Waals surface area contributed by atoms with Gasteiger partial charge in [-0.3, -0.25) is 14.7 Å². The SMILES string of the molecule is Cc1ccc2[nH]c(=O)c(CN(Cc3cccnc3)Cc3nnnn3CCc3ccccc3)cc2c1. The molecular weight excluding hydrogens is 438 g/mol. The fraction of sp³-hybridized carbons (Fsp3) is 0.222. The average Bonchev–Trinajstić information content (AvgIpc) is 3.31. The van der Waals surface area contributed by atoms with Gasteiger partial charge in [-0.25, -0.2) is 4.68 Å². The maximum atomic E-state index is 12.9. The molecule has 1 N–H and O–H groups in total. The Labute approximate surface area is 203 Å². The van der Waals surface area contributed by atoms with E-state index in [9.17, 15) is 4.79 Å². The van der Waals surface area contributed by atoms with Gasteiger partial charge in [0.25, 0.3) is 5.56 Å². The fourth-order valence-electron chi connectivity index (χ4n) is 4.24. The first-order chi connectivity index (χ1) is 17.1. The number of pyridine rings is 2. The minimum Gasteiger partial charge on any atom is -0.322 e. The van der Waals surface area contributed by atoms with Gasteiger partial charge in [-0.15, -0.1) is 5.10 Å². The molecule has 0 spiro atoms. The number of rotatable bonds is 9. The van der Waals surface area contributed by atoms with Crippen molar-refractivity contribution in [3.63, 3.8) is 0 Å². The molecule has 0 radical (unpaired) electrons. The van der Waals surface area contributed by atoms with Gasteiger partial charge in [0.05, 0.1) is 6.54 Å². The molecule has 8 heteroatoms. The van der Waals surface area contributed by atoms with Crippen LogP contribution in [-0.2, 0) is 32.6 Å². The van der Waals surface area contributed by atoms with E-state index in [-0.39, 0.29) is 5.56 Å².